The predicted octanol–water partition coefficient (Wildman–Crippen LogP) is 1.65. The Morgan fingerprint density at radius 1 is 0.958 bits per heavy atom. The van der Waals surface area contributed by atoms with Crippen molar-refractivity contribution in [2.45, 2.75) is 46.7 Å². The zero-order valence-corrected chi connectivity index (χ0v) is 15.8. The van der Waals surface area contributed by atoms with E-state index < -0.39 is 34.0 Å². The Morgan fingerprint density at radius 2 is 1.29 bits per heavy atom. The highest BCUT2D eigenvalue weighted by molar-refractivity contribution is 7.89. The monoisotopic (exact) mass is 361 g/mol. The number of hydrogen-bond donors (Lipinski definition) is 0. The largest absolute Gasteiger partial charge is 0.461 e. The fraction of sp³-hybridized carbons (Fsp3) is 0.625. The van der Waals surface area contributed by atoms with Crippen molar-refractivity contribution in [2.75, 3.05) is 19.0 Å². The van der Waals surface area contributed by atoms with Gasteiger partial charge in [0, 0.05) is 11.1 Å². The SMILES string of the molecule is C=C(C)C(=O)OCC(C)N(C(C)COC(=O)C(=C)C)S(=O)(=O)CC. The molecule has 138 valence electrons. The minimum absolute atomic E-state index is 0.120. The summed E-state index contributed by atoms with van der Waals surface area (Å²) in [6.45, 7) is 14.5. The van der Waals surface area contributed by atoms with Crippen LogP contribution in [0.5, 0.6) is 0 Å². The summed E-state index contributed by atoms with van der Waals surface area (Å²) in [7, 11) is -3.59. The molecule has 0 rings (SSSR count). The summed E-state index contributed by atoms with van der Waals surface area (Å²) in [5.74, 6) is -1.29. The molecule has 0 saturated heterocycles. The number of sulfonamides is 1. The van der Waals surface area contributed by atoms with Gasteiger partial charge in [-0.25, -0.2) is 18.0 Å². The number of ether oxygens (including phenoxy) is 2. The van der Waals surface area contributed by atoms with Gasteiger partial charge >= 0.3 is 11.9 Å². The molecule has 0 aliphatic rings. The van der Waals surface area contributed by atoms with E-state index in [1.54, 1.807) is 13.8 Å². The van der Waals surface area contributed by atoms with Crippen molar-refractivity contribution < 1.29 is 27.5 Å². The average Bonchev–Trinajstić information content (AvgIpc) is 2.49. The lowest BCUT2D eigenvalue weighted by molar-refractivity contribution is -0.141. The zero-order valence-electron chi connectivity index (χ0n) is 15.0. The van der Waals surface area contributed by atoms with Gasteiger partial charge in [-0.1, -0.05) is 13.2 Å². The summed E-state index contributed by atoms with van der Waals surface area (Å²) < 4.78 is 36.0. The average molecular weight is 361 g/mol. The molecule has 2 atom stereocenters. The molecule has 7 nitrogen and oxygen atoms in total. The lowest BCUT2D eigenvalue weighted by Crippen LogP contribution is -2.49. The molecule has 0 aromatic rings. The molecular weight excluding hydrogens is 334 g/mol. The smallest absolute Gasteiger partial charge is 0.333 e. The minimum Gasteiger partial charge on any atom is -0.461 e. The molecule has 0 aromatic carbocycles. The number of rotatable bonds is 10. The van der Waals surface area contributed by atoms with Crippen molar-refractivity contribution in [2.24, 2.45) is 0 Å². The normalized spacial score (nSPS) is 13.9. The predicted molar refractivity (Wildman–Crippen MR) is 91.8 cm³/mol. The van der Waals surface area contributed by atoms with Gasteiger partial charge in [-0.2, -0.15) is 4.31 Å². The van der Waals surface area contributed by atoms with E-state index in [0.29, 0.717) is 0 Å². The van der Waals surface area contributed by atoms with Crippen LogP contribution in [0.4, 0.5) is 0 Å². The molecule has 8 heteroatoms. The third kappa shape index (κ3) is 6.84. The van der Waals surface area contributed by atoms with Crippen molar-refractivity contribution in [3.05, 3.63) is 24.3 Å². The minimum atomic E-state index is -3.59. The molecule has 0 N–H and O–H groups in total. The van der Waals surface area contributed by atoms with Crippen molar-refractivity contribution in [1.29, 1.82) is 0 Å². The molecule has 0 bridgehead atoms. The zero-order chi connectivity index (χ0) is 19.1. The summed E-state index contributed by atoms with van der Waals surface area (Å²) in [6.07, 6.45) is 0. The Bertz CT molecular complexity index is 560. The molecule has 0 saturated carbocycles. The van der Waals surface area contributed by atoms with Crippen LogP contribution in [-0.4, -0.2) is 55.7 Å². The number of hydrogen-bond acceptors (Lipinski definition) is 6. The van der Waals surface area contributed by atoms with Gasteiger partial charge in [0.2, 0.25) is 10.0 Å². The quantitative estimate of drug-likeness (QED) is 0.434. The van der Waals surface area contributed by atoms with Crippen molar-refractivity contribution in [1.82, 2.24) is 4.31 Å². The number of carbonyl (C=O) groups excluding carboxylic acids is 2. The van der Waals surface area contributed by atoms with Gasteiger partial charge in [0.05, 0.1) is 17.8 Å². The maximum atomic E-state index is 12.3. The summed E-state index contributed by atoms with van der Waals surface area (Å²) >= 11 is 0. The highest BCUT2D eigenvalue weighted by Gasteiger charge is 2.32. The van der Waals surface area contributed by atoms with E-state index >= 15 is 0 Å². The van der Waals surface area contributed by atoms with Gasteiger partial charge in [0.25, 0.3) is 0 Å². The van der Waals surface area contributed by atoms with Gasteiger partial charge in [-0.05, 0) is 34.6 Å². The molecule has 0 fully saturated rings. The summed E-state index contributed by atoms with van der Waals surface area (Å²) in [5, 5.41) is 0. The van der Waals surface area contributed by atoms with Crippen LogP contribution in [0.3, 0.4) is 0 Å². The second-order valence-electron chi connectivity index (χ2n) is 5.69. The van der Waals surface area contributed by atoms with E-state index in [0.717, 1.165) is 0 Å². The van der Waals surface area contributed by atoms with Crippen LogP contribution >= 0.6 is 0 Å². The first kappa shape index (κ1) is 22.3. The van der Waals surface area contributed by atoms with Crippen LogP contribution < -0.4 is 0 Å². The van der Waals surface area contributed by atoms with Gasteiger partial charge in [-0.15, -0.1) is 0 Å². The Morgan fingerprint density at radius 3 is 1.54 bits per heavy atom. The van der Waals surface area contributed by atoms with Gasteiger partial charge in [0.1, 0.15) is 13.2 Å². The Hall–Kier alpha value is -1.67. The molecule has 0 aromatic heterocycles. The van der Waals surface area contributed by atoms with Crippen LogP contribution in [-0.2, 0) is 29.1 Å². The van der Waals surface area contributed by atoms with Crippen molar-refractivity contribution in [3.8, 4) is 0 Å². The molecule has 0 amide bonds. The Labute approximate surface area is 144 Å². The van der Waals surface area contributed by atoms with Crippen LogP contribution in [0.2, 0.25) is 0 Å². The van der Waals surface area contributed by atoms with E-state index in [1.165, 1.54) is 25.1 Å². The highest BCUT2D eigenvalue weighted by atomic mass is 32.2. The van der Waals surface area contributed by atoms with E-state index in [4.69, 9.17) is 9.47 Å². The molecule has 2 unspecified atom stereocenters. The van der Waals surface area contributed by atoms with Crippen LogP contribution in [0.15, 0.2) is 24.3 Å². The van der Waals surface area contributed by atoms with Crippen molar-refractivity contribution in [3.63, 3.8) is 0 Å². The molecule has 0 aliphatic carbocycles. The van der Waals surface area contributed by atoms with E-state index in [1.807, 2.05) is 0 Å². The second kappa shape index (κ2) is 9.58. The Kier molecular flexibility index (Phi) is 8.92. The number of nitrogens with zero attached hydrogens (tertiary/aromatic N) is 1. The first-order chi connectivity index (χ1) is 10.9. The third-order valence-corrected chi connectivity index (χ3v) is 5.25. The fourth-order valence-corrected chi connectivity index (χ4v) is 3.43. The van der Waals surface area contributed by atoms with Crippen LogP contribution in [0, 0.1) is 0 Å². The second-order valence-corrected chi connectivity index (χ2v) is 7.85. The van der Waals surface area contributed by atoms with E-state index in [-0.39, 0.29) is 30.1 Å². The van der Waals surface area contributed by atoms with Gasteiger partial charge < -0.3 is 9.47 Å². The molecular formula is C16H27NO6S. The van der Waals surface area contributed by atoms with Gasteiger partial charge in [0.15, 0.2) is 0 Å². The van der Waals surface area contributed by atoms with Gasteiger partial charge in [-0.3, -0.25) is 0 Å². The van der Waals surface area contributed by atoms with E-state index in [2.05, 4.69) is 13.2 Å². The molecule has 24 heavy (non-hydrogen) atoms. The first-order valence-electron chi connectivity index (χ1n) is 7.60. The van der Waals surface area contributed by atoms with Crippen LogP contribution in [0.25, 0.3) is 0 Å². The summed E-state index contributed by atoms with van der Waals surface area (Å²) in [6, 6.07) is -1.23. The fourth-order valence-electron chi connectivity index (χ4n) is 1.92. The molecule has 0 radical (unpaired) electrons. The highest BCUT2D eigenvalue weighted by Crippen LogP contribution is 2.15. The molecule has 0 heterocycles. The topological polar surface area (TPSA) is 90.0 Å². The lowest BCUT2D eigenvalue weighted by atomic mass is 10.2. The Balaban J connectivity index is 5.10. The van der Waals surface area contributed by atoms with E-state index in [9.17, 15) is 18.0 Å². The van der Waals surface area contributed by atoms with Crippen molar-refractivity contribution >= 4 is 22.0 Å². The van der Waals surface area contributed by atoms with Crippen LogP contribution in [0.1, 0.15) is 34.6 Å². The maximum absolute atomic E-state index is 12.3. The summed E-state index contributed by atoms with van der Waals surface area (Å²) in [4.78, 5) is 23.0. The third-order valence-electron chi connectivity index (χ3n) is 3.16. The summed E-state index contributed by atoms with van der Waals surface area (Å²) in [5.41, 5.74) is 0.464. The standard InChI is InChI=1S/C16H27NO6S/c1-8-24(20,21)17(13(6)9-22-15(18)11(2)3)14(7)10-23-16(19)12(4)5/h13-14H,2,4,8-10H2,1,3,5-7H3. The maximum Gasteiger partial charge on any atom is 0.333 e. The number of carbonyl (C=O) groups is 2. The number of esters is 2. The molecule has 0 aliphatic heterocycles. The molecule has 0 spiro atoms. The lowest BCUT2D eigenvalue weighted by Gasteiger charge is -2.32. The first-order valence-corrected chi connectivity index (χ1v) is 9.21.